The van der Waals surface area contributed by atoms with Gasteiger partial charge in [-0.1, -0.05) is 11.6 Å². The molecule has 0 saturated heterocycles. The molecule has 0 amide bonds. The Kier molecular flexibility index (Phi) is 3.39. The van der Waals surface area contributed by atoms with Crippen molar-refractivity contribution in [3.63, 3.8) is 0 Å². The second-order valence-electron chi connectivity index (χ2n) is 4.54. The van der Waals surface area contributed by atoms with Gasteiger partial charge >= 0.3 is 5.97 Å². The van der Waals surface area contributed by atoms with E-state index in [9.17, 15) is 4.79 Å². The molecule has 5 heteroatoms. The van der Waals surface area contributed by atoms with Gasteiger partial charge in [-0.05, 0) is 18.9 Å². The summed E-state index contributed by atoms with van der Waals surface area (Å²) in [6.45, 7) is 0. The quantitative estimate of drug-likeness (QED) is 0.894. The SMILES string of the molecule is COc1cc(Cl)c(OC)c(C2(CC(=O)O)CC2)c1. The molecule has 1 aromatic carbocycles. The van der Waals surface area contributed by atoms with Gasteiger partial charge in [0.25, 0.3) is 0 Å². The molecule has 1 aromatic rings. The van der Waals surface area contributed by atoms with Crippen molar-refractivity contribution < 1.29 is 19.4 Å². The molecule has 0 aromatic heterocycles. The van der Waals surface area contributed by atoms with Crippen LogP contribution >= 0.6 is 11.6 Å². The molecule has 1 fully saturated rings. The summed E-state index contributed by atoms with van der Waals surface area (Å²) in [6, 6.07) is 3.49. The number of hydrogen-bond donors (Lipinski definition) is 1. The monoisotopic (exact) mass is 270 g/mol. The van der Waals surface area contributed by atoms with Crippen LogP contribution in [-0.4, -0.2) is 25.3 Å². The Morgan fingerprint density at radius 2 is 2.06 bits per heavy atom. The van der Waals surface area contributed by atoms with Crippen LogP contribution in [0.25, 0.3) is 0 Å². The maximum Gasteiger partial charge on any atom is 0.304 e. The van der Waals surface area contributed by atoms with Crippen molar-refractivity contribution in [1.82, 2.24) is 0 Å². The lowest BCUT2D eigenvalue weighted by Gasteiger charge is -2.19. The molecule has 0 unspecified atom stereocenters. The van der Waals surface area contributed by atoms with E-state index in [4.69, 9.17) is 26.2 Å². The molecule has 0 aliphatic heterocycles. The van der Waals surface area contributed by atoms with Crippen LogP contribution < -0.4 is 9.47 Å². The summed E-state index contributed by atoms with van der Waals surface area (Å²) in [5, 5.41) is 9.45. The van der Waals surface area contributed by atoms with Gasteiger partial charge in [0.05, 0.1) is 25.7 Å². The first-order valence-corrected chi connectivity index (χ1v) is 6.04. The molecular formula is C13H15ClO4. The molecule has 0 heterocycles. The van der Waals surface area contributed by atoms with Gasteiger partial charge in [0.2, 0.25) is 0 Å². The van der Waals surface area contributed by atoms with E-state index in [-0.39, 0.29) is 11.8 Å². The van der Waals surface area contributed by atoms with E-state index in [2.05, 4.69) is 0 Å². The van der Waals surface area contributed by atoms with Gasteiger partial charge in [-0.3, -0.25) is 4.79 Å². The van der Waals surface area contributed by atoms with Gasteiger partial charge < -0.3 is 14.6 Å². The van der Waals surface area contributed by atoms with E-state index in [0.29, 0.717) is 16.5 Å². The maximum atomic E-state index is 11.0. The molecule has 0 spiro atoms. The molecule has 1 aliphatic rings. The van der Waals surface area contributed by atoms with Crippen LogP contribution in [0.15, 0.2) is 12.1 Å². The maximum absolute atomic E-state index is 11.0. The Balaban J connectivity index is 2.48. The van der Waals surface area contributed by atoms with E-state index < -0.39 is 5.97 Å². The summed E-state index contributed by atoms with van der Waals surface area (Å²) < 4.78 is 10.5. The molecule has 18 heavy (non-hydrogen) atoms. The first-order valence-electron chi connectivity index (χ1n) is 5.66. The topological polar surface area (TPSA) is 55.8 Å². The van der Waals surface area contributed by atoms with Gasteiger partial charge in [-0.2, -0.15) is 0 Å². The number of carbonyl (C=O) groups is 1. The molecule has 1 aliphatic carbocycles. The van der Waals surface area contributed by atoms with E-state index in [1.165, 1.54) is 7.11 Å². The highest BCUT2D eigenvalue weighted by Crippen LogP contribution is 2.55. The molecular weight excluding hydrogens is 256 g/mol. The van der Waals surface area contributed by atoms with Gasteiger partial charge in [-0.25, -0.2) is 0 Å². The van der Waals surface area contributed by atoms with Crippen LogP contribution in [0.3, 0.4) is 0 Å². The largest absolute Gasteiger partial charge is 0.497 e. The lowest BCUT2D eigenvalue weighted by atomic mass is 9.91. The summed E-state index contributed by atoms with van der Waals surface area (Å²) in [4.78, 5) is 11.0. The minimum atomic E-state index is -0.812. The standard InChI is InChI=1S/C13H15ClO4/c1-17-8-5-9(12(18-2)10(14)6-8)13(3-4-13)7-11(15)16/h5-6H,3-4,7H2,1-2H3,(H,15,16). The summed E-state index contributed by atoms with van der Waals surface area (Å²) in [5.41, 5.74) is 0.478. The zero-order chi connectivity index (χ0) is 13.3. The molecule has 1 N–H and O–H groups in total. The number of carboxylic acid groups (broad SMARTS) is 1. The zero-order valence-corrected chi connectivity index (χ0v) is 11.1. The fourth-order valence-corrected chi connectivity index (χ4v) is 2.56. The lowest BCUT2D eigenvalue weighted by molar-refractivity contribution is -0.137. The van der Waals surface area contributed by atoms with Crippen molar-refractivity contribution in [1.29, 1.82) is 0 Å². The normalized spacial score (nSPS) is 16.2. The van der Waals surface area contributed by atoms with E-state index in [1.54, 1.807) is 13.2 Å². The van der Waals surface area contributed by atoms with Gasteiger partial charge in [0, 0.05) is 17.0 Å². The minimum Gasteiger partial charge on any atom is -0.497 e. The highest BCUT2D eigenvalue weighted by Gasteiger charge is 2.48. The number of ether oxygens (including phenoxy) is 2. The molecule has 0 radical (unpaired) electrons. The predicted octanol–water partition coefficient (Wildman–Crippen LogP) is 2.86. The highest BCUT2D eigenvalue weighted by atomic mass is 35.5. The molecule has 2 rings (SSSR count). The first kappa shape index (κ1) is 13.0. The minimum absolute atomic E-state index is 0.0901. The van der Waals surface area contributed by atoms with Crippen molar-refractivity contribution in [2.24, 2.45) is 0 Å². The van der Waals surface area contributed by atoms with Crippen molar-refractivity contribution in [2.45, 2.75) is 24.7 Å². The van der Waals surface area contributed by atoms with Crippen LogP contribution in [0.2, 0.25) is 5.02 Å². The fraction of sp³-hybridized carbons (Fsp3) is 0.462. The Labute approximate surface area is 110 Å². The second kappa shape index (κ2) is 4.69. The van der Waals surface area contributed by atoms with Crippen LogP contribution in [0.1, 0.15) is 24.8 Å². The summed E-state index contributed by atoms with van der Waals surface area (Å²) in [7, 11) is 3.09. The van der Waals surface area contributed by atoms with Crippen LogP contribution in [0, 0.1) is 0 Å². The van der Waals surface area contributed by atoms with E-state index in [0.717, 1.165) is 18.4 Å². The van der Waals surface area contributed by atoms with Gasteiger partial charge in [-0.15, -0.1) is 0 Å². The third-order valence-corrected chi connectivity index (χ3v) is 3.65. The Morgan fingerprint density at radius 3 is 2.50 bits per heavy atom. The third kappa shape index (κ3) is 2.25. The van der Waals surface area contributed by atoms with E-state index >= 15 is 0 Å². The van der Waals surface area contributed by atoms with Gasteiger partial charge in [0.1, 0.15) is 11.5 Å². The average Bonchev–Trinajstić information content (AvgIpc) is 3.07. The summed E-state index contributed by atoms with van der Waals surface area (Å²) in [6.07, 6.45) is 1.76. The van der Waals surface area contributed by atoms with Gasteiger partial charge in [0.15, 0.2) is 0 Å². The molecule has 0 bridgehead atoms. The van der Waals surface area contributed by atoms with Crippen molar-refractivity contribution in [3.8, 4) is 11.5 Å². The van der Waals surface area contributed by atoms with Crippen molar-refractivity contribution in [3.05, 3.63) is 22.7 Å². The number of hydrogen-bond acceptors (Lipinski definition) is 3. The smallest absolute Gasteiger partial charge is 0.304 e. The molecule has 4 nitrogen and oxygen atoms in total. The number of aliphatic carboxylic acids is 1. The van der Waals surface area contributed by atoms with Crippen LogP contribution in [0.5, 0.6) is 11.5 Å². The Hall–Kier alpha value is -1.42. The Morgan fingerprint density at radius 1 is 1.39 bits per heavy atom. The summed E-state index contributed by atoms with van der Waals surface area (Å²) >= 11 is 6.13. The second-order valence-corrected chi connectivity index (χ2v) is 4.95. The number of carboxylic acids is 1. The molecule has 1 saturated carbocycles. The Bertz CT molecular complexity index is 480. The number of benzene rings is 1. The predicted molar refractivity (Wildman–Crippen MR) is 67.7 cm³/mol. The first-order chi connectivity index (χ1) is 8.52. The van der Waals surface area contributed by atoms with Crippen LogP contribution in [0.4, 0.5) is 0 Å². The lowest BCUT2D eigenvalue weighted by Crippen LogP contribution is -2.14. The summed E-state index contributed by atoms with van der Waals surface area (Å²) in [5.74, 6) is 0.358. The average molecular weight is 271 g/mol. The number of rotatable bonds is 5. The zero-order valence-electron chi connectivity index (χ0n) is 10.3. The third-order valence-electron chi connectivity index (χ3n) is 3.37. The van der Waals surface area contributed by atoms with Crippen molar-refractivity contribution >= 4 is 17.6 Å². The van der Waals surface area contributed by atoms with Crippen molar-refractivity contribution in [2.75, 3.05) is 14.2 Å². The number of halogens is 1. The number of methoxy groups -OCH3 is 2. The van der Waals surface area contributed by atoms with Crippen LogP contribution in [-0.2, 0) is 10.2 Å². The fourth-order valence-electron chi connectivity index (χ4n) is 2.27. The van der Waals surface area contributed by atoms with E-state index in [1.807, 2.05) is 6.07 Å². The molecule has 0 atom stereocenters. The molecule has 98 valence electrons. The highest BCUT2D eigenvalue weighted by molar-refractivity contribution is 6.32.